The molecule has 0 aliphatic heterocycles. The summed E-state index contributed by atoms with van der Waals surface area (Å²) in [6.07, 6.45) is -1.66. The number of aromatic nitrogens is 1. The molecule has 0 spiro atoms. The molecule has 1 aromatic heterocycles. The smallest absolute Gasteiger partial charge is 0.377 e. The number of hydrogen-bond donors (Lipinski definition) is 2. The zero-order chi connectivity index (χ0) is 21.8. The fourth-order valence-corrected chi connectivity index (χ4v) is 3.29. The van der Waals surface area contributed by atoms with E-state index in [1.54, 1.807) is 12.1 Å². The van der Waals surface area contributed by atoms with Crippen molar-refractivity contribution in [1.82, 2.24) is 4.98 Å². The second kappa shape index (κ2) is 8.41. The van der Waals surface area contributed by atoms with Gasteiger partial charge in [-0.05, 0) is 48.5 Å². The summed E-state index contributed by atoms with van der Waals surface area (Å²) >= 11 is 0. The molecule has 3 aromatic rings. The number of halogens is 3. The van der Waals surface area contributed by atoms with Crippen molar-refractivity contribution in [3.05, 3.63) is 78.6 Å². The van der Waals surface area contributed by atoms with E-state index in [-0.39, 0.29) is 11.4 Å². The van der Waals surface area contributed by atoms with Crippen molar-refractivity contribution >= 4 is 27.5 Å². The molecule has 2 amide bonds. The van der Waals surface area contributed by atoms with E-state index < -0.39 is 32.8 Å². The quantitative estimate of drug-likeness (QED) is 0.573. The van der Waals surface area contributed by atoms with Crippen LogP contribution in [0.15, 0.2) is 78.0 Å². The Labute approximate surface area is 169 Å². The van der Waals surface area contributed by atoms with E-state index in [0.29, 0.717) is 17.8 Å². The number of rotatable bonds is 5. The first-order valence-corrected chi connectivity index (χ1v) is 9.75. The summed E-state index contributed by atoms with van der Waals surface area (Å²) in [6, 6.07) is 11.1. The average Bonchev–Trinajstić information content (AvgIpc) is 2.69. The number of nitrogens with zero attached hydrogens (tertiary/aromatic N) is 1. The highest BCUT2D eigenvalue weighted by atomic mass is 32.2. The van der Waals surface area contributed by atoms with Crippen molar-refractivity contribution in [3.8, 4) is 5.75 Å². The molecule has 2 N–H and O–H groups in total. The third kappa shape index (κ3) is 5.26. The van der Waals surface area contributed by atoms with Crippen LogP contribution in [0.3, 0.4) is 0 Å². The van der Waals surface area contributed by atoms with Crippen LogP contribution < -0.4 is 14.8 Å². The van der Waals surface area contributed by atoms with Crippen molar-refractivity contribution in [2.45, 2.75) is 11.1 Å². The van der Waals surface area contributed by atoms with Gasteiger partial charge in [0.1, 0.15) is 4.90 Å². The Balaban J connectivity index is 1.77. The number of anilines is 2. The maximum absolute atomic E-state index is 12.7. The van der Waals surface area contributed by atoms with Crippen LogP contribution in [0.2, 0.25) is 0 Å². The predicted molar refractivity (Wildman–Crippen MR) is 103 cm³/mol. The van der Waals surface area contributed by atoms with Crippen molar-refractivity contribution < 1.29 is 30.6 Å². The molecule has 7 nitrogen and oxygen atoms in total. The number of nitrogens with one attached hydrogen (secondary N) is 2. The van der Waals surface area contributed by atoms with Gasteiger partial charge in [-0.2, -0.15) is 21.6 Å². The molecule has 3 rings (SSSR count). The molecule has 2 aromatic carbocycles. The van der Waals surface area contributed by atoms with E-state index in [2.05, 4.69) is 15.6 Å². The van der Waals surface area contributed by atoms with Crippen molar-refractivity contribution in [3.63, 3.8) is 0 Å². The Morgan fingerprint density at radius 2 is 1.63 bits per heavy atom. The van der Waals surface area contributed by atoms with E-state index in [1.165, 1.54) is 36.7 Å². The van der Waals surface area contributed by atoms with Crippen molar-refractivity contribution in [2.75, 3.05) is 10.6 Å². The van der Waals surface area contributed by atoms with Gasteiger partial charge in [-0.25, -0.2) is 4.79 Å². The average molecular weight is 437 g/mol. The molecular formula is C19H14F3N3O4S. The maximum atomic E-state index is 12.7. The monoisotopic (exact) mass is 437 g/mol. The summed E-state index contributed by atoms with van der Waals surface area (Å²) in [5.74, 6) is -0.210. The molecule has 0 unspecified atom stereocenters. The summed E-state index contributed by atoms with van der Waals surface area (Å²) in [5.41, 5.74) is -0.546. The molecular weight excluding hydrogens is 423 g/mol. The minimum Gasteiger partial charge on any atom is -0.377 e. The zero-order valence-corrected chi connectivity index (χ0v) is 15.9. The van der Waals surface area contributed by atoms with Gasteiger partial charge in [0.25, 0.3) is 0 Å². The second-order valence-electron chi connectivity index (χ2n) is 5.88. The second-order valence-corrected chi connectivity index (χ2v) is 7.42. The Bertz CT molecular complexity index is 1140. The Morgan fingerprint density at radius 1 is 0.933 bits per heavy atom. The van der Waals surface area contributed by atoms with Crippen LogP contribution in [0.5, 0.6) is 5.75 Å². The number of pyridine rings is 1. The molecule has 0 saturated heterocycles. The van der Waals surface area contributed by atoms with Gasteiger partial charge < -0.3 is 14.8 Å². The molecule has 1 heterocycles. The standard InChI is InChI=1S/C19H14F3N3O4S/c20-19(21,22)13-7-9-15(10-8-13)30(27,28)29-17-6-2-1-5-16(17)25-18(26)24-14-4-3-11-23-12-14/h1-12H,(H2,24,25,26). The SMILES string of the molecule is O=C(Nc1cccnc1)Nc1ccccc1OS(=O)(=O)c1ccc(C(F)(F)F)cc1. The normalized spacial score (nSPS) is 11.6. The van der Waals surface area contributed by atoms with Gasteiger partial charge in [0.15, 0.2) is 5.75 Å². The highest BCUT2D eigenvalue weighted by molar-refractivity contribution is 7.87. The number of amides is 2. The molecule has 0 bridgehead atoms. The van der Waals surface area contributed by atoms with Crippen LogP contribution in [0.25, 0.3) is 0 Å². The summed E-state index contributed by atoms with van der Waals surface area (Å²) in [6.45, 7) is 0. The van der Waals surface area contributed by atoms with Gasteiger partial charge in [-0.3, -0.25) is 4.98 Å². The van der Waals surface area contributed by atoms with Gasteiger partial charge in [-0.1, -0.05) is 12.1 Å². The summed E-state index contributed by atoms with van der Waals surface area (Å²) in [7, 11) is -4.44. The minimum absolute atomic E-state index is 0.0365. The largest absolute Gasteiger partial charge is 0.416 e. The van der Waals surface area contributed by atoms with E-state index in [4.69, 9.17) is 4.18 Å². The van der Waals surface area contributed by atoms with E-state index in [0.717, 1.165) is 12.1 Å². The third-order valence-corrected chi connectivity index (χ3v) is 4.97. The predicted octanol–water partition coefficient (Wildman–Crippen LogP) is 4.51. The Morgan fingerprint density at radius 3 is 2.27 bits per heavy atom. The number of alkyl halides is 3. The molecule has 0 atom stereocenters. The van der Waals surface area contributed by atoms with E-state index in [1.807, 2.05) is 0 Å². The van der Waals surface area contributed by atoms with Crippen molar-refractivity contribution in [1.29, 1.82) is 0 Å². The van der Waals surface area contributed by atoms with Crippen LogP contribution in [-0.4, -0.2) is 19.4 Å². The van der Waals surface area contributed by atoms with Crippen LogP contribution in [0.4, 0.5) is 29.3 Å². The lowest BCUT2D eigenvalue weighted by Gasteiger charge is -2.13. The van der Waals surface area contributed by atoms with Gasteiger partial charge >= 0.3 is 22.3 Å². The van der Waals surface area contributed by atoms with Gasteiger partial charge in [0.2, 0.25) is 0 Å². The number of benzene rings is 2. The first kappa shape index (κ1) is 21.1. The van der Waals surface area contributed by atoms with Gasteiger partial charge in [0, 0.05) is 6.20 Å². The maximum Gasteiger partial charge on any atom is 0.416 e. The molecule has 0 aliphatic carbocycles. The third-order valence-electron chi connectivity index (χ3n) is 3.72. The van der Waals surface area contributed by atoms with Crippen molar-refractivity contribution in [2.24, 2.45) is 0 Å². The number of urea groups is 1. The number of para-hydroxylation sites is 2. The highest BCUT2D eigenvalue weighted by Gasteiger charge is 2.31. The van der Waals surface area contributed by atoms with Crippen LogP contribution >= 0.6 is 0 Å². The van der Waals surface area contributed by atoms with Crippen LogP contribution in [0, 0.1) is 0 Å². The lowest BCUT2D eigenvalue weighted by Crippen LogP contribution is -2.20. The summed E-state index contributed by atoms with van der Waals surface area (Å²) < 4.78 is 67.9. The fraction of sp³-hybridized carbons (Fsp3) is 0.0526. The summed E-state index contributed by atoms with van der Waals surface area (Å²) in [5, 5.41) is 4.95. The molecule has 0 fully saturated rings. The Hall–Kier alpha value is -3.60. The molecule has 30 heavy (non-hydrogen) atoms. The van der Waals surface area contributed by atoms with Gasteiger partial charge in [-0.15, -0.1) is 0 Å². The molecule has 0 saturated carbocycles. The number of carbonyl (C=O) groups is 1. The molecule has 156 valence electrons. The number of hydrogen-bond acceptors (Lipinski definition) is 5. The van der Waals surface area contributed by atoms with E-state index >= 15 is 0 Å². The molecule has 11 heteroatoms. The lowest BCUT2D eigenvalue weighted by atomic mass is 10.2. The molecule has 0 radical (unpaired) electrons. The van der Waals surface area contributed by atoms with Crippen LogP contribution in [0.1, 0.15) is 5.56 Å². The summed E-state index contributed by atoms with van der Waals surface area (Å²) in [4.78, 5) is 15.5. The topological polar surface area (TPSA) is 97.4 Å². The Kier molecular flexibility index (Phi) is 5.92. The van der Waals surface area contributed by atoms with Gasteiger partial charge in [0.05, 0.1) is 23.1 Å². The van der Waals surface area contributed by atoms with Crippen LogP contribution in [-0.2, 0) is 16.3 Å². The minimum atomic E-state index is -4.60. The zero-order valence-electron chi connectivity index (χ0n) is 15.1. The fourth-order valence-electron chi connectivity index (χ4n) is 2.34. The highest BCUT2D eigenvalue weighted by Crippen LogP contribution is 2.31. The lowest BCUT2D eigenvalue weighted by molar-refractivity contribution is -0.137. The number of carbonyl (C=O) groups excluding carboxylic acids is 1. The molecule has 0 aliphatic rings. The first-order chi connectivity index (χ1) is 14.1. The van der Waals surface area contributed by atoms with E-state index in [9.17, 15) is 26.4 Å². The first-order valence-electron chi connectivity index (χ1n) is 8.34.